The van der Waals surface area contributed by atoms with Crippen molar-refractivity contribution in [1.29, 1.82) is 0 Å². The van der Waals surface area contributed by atoms with Crippen molar-refractivity contribution >= 4 is 17.5 Å². The van der Waals surface area contributed by atoms with Gasteiger partial charge in [0.1, 0.15) is 0 Å². The van der Waals surface area contributed by atoms with Crippen LogP contribution < -0.4 is 4.90 Å². The Labute approximate surface area is 115 Å². The average molecular weight is 281 g/mol. The third kappa shape index (κ3) is 3.21. The molecule has 20 heavy (non-hydrogen) atoms. The predicted molar refractivity (Wildman–Crippen MR) is 69.8 cm³/mol. The van der Waals surface area contributed by atoms with Crippen LogP contribution in [0.1, 0.15) is 12.1 Å². The normalized spacial score (nSPS) is 18.9. The number of hydrogen-bond donors (Lipinski definition) is 1. The van der Waals surface area contributed by atoms with Crippen molar-refractivity contribution in [3.05, 3.63) is 27.9 Å². The van der Waals surface area contributed by atoms with E-state index < -0.39 is 17.0 Å². The molecule has 8 heteroatoms. The van der Waals surface area contributed by atoms with Crippen molar-refractivity contribution in [1.82, 2.24) is 4.98 Å². The minimum absolute atomic E-state index is 0.0772. The monoisotopic (exact) mass is 281 g/mol. The largest absolute Gasteiger partial charge is 0.481 e. The summed E-state index contributed by atoms with van der Waals surface area (Å²) < 4.78 is 5.35. The average Bonchev–Trinajstić information content (AvgIpc) is 2.37. The van der Waals surface area contributed by atoms with Crippen LogP contribution in [-0.4, -0.2) is 46.8 Å². The molecule has 1 saturated heterocycles. The van der Waals surface area contributed by atoms with Gasteiger partial charge in [0, 0.05) is 24.8 Å². The molecule has 1 fully saturated rings. The Hall–Kier alpha value is -2.22. The molecular weight excluding hydrogens is 266 g/mol. The second kappa shape index (κ2) is 5.83. The van der Waals surface area contributed by atoms with E-state index in [1.165, 1.54) is 6.07 Å². The van der Waals surface area contributed by atoms with Gasteiger partial charge in [-0.2, -0.15) is 0 Å². The zero-order valence-corrected chi connectivity index (χ0v) is 11.0. The maximum atomic E-state index is 11.0. The lowest BCUT2D eigenvalue weighted by Crippen LogP contribution is -2.44. The molecule has 1 N–H and O–H groups in total. The Bertz CT molecular complexity index is 534. The number of nitro groups is 1. The highest BCUT2D eigenvalue weighted by Gasteiger charge is 2.28. The van der Waals surface area contributed by atoms with E-state index in [-0.39, 0.29) is 24.5 Å². The van der Waals surface area contributed by atoms with Crippen LogP contribution in [0.15, 0.2) is 12.1 Å². The van der Waals surface area contributed by atoms with E-state index in [0.717, 1.165) is 0 Å². The molecule has 1 atom stereocenters. The minimum Gasteiger partial charge on any atom is -0.481 e. The summed E-state index contributed by atoms with van der Waals surface area (Å²) in [5, 5.41) is 19.8. The van der Waals surface area contributed by atoms with Crippen LogP contribution in [0.4, 0.5) is 11.5 Å². The topological polar surface area (TPSA) is 106 Å². The number of hydrogen-bond acceptors (Lipinski definition) is 6. The number of anilines is 1. The second-order valence-corrected chi connectivity index (χ2v) is 4.59. The molecule has 1 aliphatic heterocycles. The first kappa shape index (κ1) is 14.2. The third-order valence-electron chi connectivity index (χ3n) is 3.03. The Morgan fingerprint density at radius 3 is 3.05 bits per heavy atom. The van der Waals surface area contributed by atoms with E-state index in [1.807, 2.05) is 0 Å². The number of rotatable bonds is 4. The first-order valence-corrected chi connectivity index (χ1v) is 6.17. The number of carbonyl (C=O) groups is 1. The van der Waals surface area contributed by atoms with Gasteiger partial charge in [0.15, 0.2) is 0 Å². The van der Waals surface area contributed by atoms with E-state index >= 15 is 0 Å². The summed E-state index contributed by atoms with van der Waals surface area (Å²) in [5.74, 6) is -0.683. The Balaban J connectivity index is 2.24. The number of ether oxygens (including phenoxy) is 1. The summed E-state index contributed by atoms with van der Waals surface area (Å²) in [6.45, 7) is 2.81. The molecule has 8 nitrogen and oxygen atoms in total. The quantitative estimate of drug-likeness (QED) is 0.647. The standard InChI is InChI=1S/C12H15N3O5/c1-8-2-3-10(15(18)19)12(13-8)14-4-5-20-9(7-14)6-11(16)17/h2-3,9H,4-7H2,1H3,(H,16,17). The molecule has 0 aromatic carbocycles. The summed E-state index contributed by atoms with van der Waals surface area (Å²) in [7, 11) is 0. The highest BCUT2D eigenvalue weighted by molar-refractivity contribution is 5.67. The lowest BCUT2D eigenvalue weighted by atomic mass is 10.2. The van der Waals surface area contributed by atoms with Crippen LogP contribution in [0.2, 0.25) is 0 Å². The van der Waals surface area contributed by atoms with Gasteiger partial charge < -0.3 is 14.7 Å². The molecule has 1 aromatic rings. The van der Waals surface area contributed by atoms with Crippen LogP contribution in [-0.2, 0) is 9.53 Å². The van der Waals surface area contributed by atoms with E-state index in [4.69, 9.17) is 9.84 Å². The number of nitrogens with zero attached hydrogens (tertiary/aromatic N) is 3. The molecule has 1 unspecified atom stereocenters. The van der Waals surface area contributed by atoms with Gasteiger partial charge in [0.05, 0.1) is 24.1 Å². The molecular formula is C12H15N3O5. The maximum absolute atomic E-state index is 11.0. The minimum atomic E-state index is -0.955. The van der Waals surface area contributed by atoms with E-state index in [9.17, 15) is 14.9 Å². The fourth-order valence-corrected chi connectivity index (χ4v) is 2.14. The van der Waals surface area contributed by atoms with Gasteiger partial charge in [0.2, 0.25) is 5.82 Å². The second-order valence-electron chi connectivity index (χ2n) is 4.59. The molecule has 0 bridgehead atoms. The van der Waals surface area contributed by atoms with E-state index in [1.54, 1.807) is 17.9 Å². The molecule has 2 rings (SSSR count). The van der Waals surface area contributed by atoms with Gasteiger partial charge in [-0.3, -0.25) is 14.9 Å². The molecule has 1 aliphatic rings. The Morgan fingerprint density at radius 1 is 1.65 bits per heavy atom. The summed E-state index contributed by atoms with van der Waals surface area (Å²) in [4.78, 5) is 27.2. The van der Waals surface area contributed by atoms with Crippen LogP contribution in [0, 0.1) is 17.0 Å². The Morgan fingerprint density at radius 2 is 2.40 bits per heavy atom. The predicted octanol–water partition coefficient (Wildman–Crippen LogP) is 0.978. The van der Waals surface area contributed by atoms with Crippen LogP contribution in [0.5, 0.6) is 0 Å². The van der Waals surface area contributed by atoms with E-state index in [0.29, 0.717) is 18.8 Å². The van der Waals surface area contributed by atoms with Crippen LogP contribution in [0.3, 0.4) is 0 Å². The summed E-state index contributed by atoms with van der Waals surface area (Å²) >= 11 is 0. The van der Waals surface area contributed by atoms with Crippen molar-refractivity contribution in [2.75, 3.05) is 24.6 Å². The summed E-state index contributed by atoms with van der Waals surface area (Å²) in [5.41, 5.74) is 0.596. The van der Waals surface area contributed by atoms with Crippen molar-refractivity contribution in [2.24, 2.45) is 0 Å². The molecule has 0 aliphatic carbocycles. The number of carboxylic acids is 1. The first-order valence-electron chi connectivity index (χ1n) is 6.17. The molecule has 0 spiro atoms. The number of aromatic nitrogens is 1. The maximum Gasteiger partial charge on any atom is 0.311 e. The highest BCUT2D eigenvalue weighted by atomic mass is 16.6. The van der Waals surface area contributed by atoms with Gasteiger partial charge in [0.25, 0.3) is 0 Å². The van der Waals surface area contributed by atoms with Crippen molar-refractivity contribution in [2.45, 2.75) is 19.4 Å². The molecule has 0 saturated carbocycles. The zero-order chi connectivity index (χ0) is 14.7. The molecule has 0 radical (unpaired) electrons. The van der Waals surface area contributed by atoms with E-state index in [2.05, 4.69) is 4.98 Å². The van der Waals surface area contributed by atoms with Crippen molar-refractivity contribution in [3.8, 4) is 0 Å². The van der Waals surface area contributed by atoms with Crippen molar-refractivity contribution < 1.29 is 19.6 Å². The van der Waals surface area contributed by atoms with Gasteiger partial charge in [-0.05, 0) is 13.0 Å². The summed E-state index contributed by atoms with van der Waals surface area (Å²) in [6, 6.07) is 3.00. The van der Waals surface area contributed by atoms with Crippen LogP contribution in [0.25, 0.3) is 0 Å². The molecule has 2 heterocycles. The SMILES string of the molecule is Cc1ccc([N+](=O)[O-])c(N2CCOC(CC(=O)O)C2)n1. The zero-order valence-electron chi connectivity index (χ0n) is 11.0. The molecule has 108 valence electrons. The lowest BCUT2D eigenvalue weighted by molar-refractivity contribution is -0.384. The van der Waals surface area contributed by atoms with Gasteiger partial charge in [-0.15, -0.1) is 0 Å². The number of morpholine rings is 1. The van der Waals surface area contributed by atoms with Crippen molar-refractivity contribution in [3.63, 3.8) is 0 Å². The molecule has 1 aromatic heterocycles. The highest BCUT2D eigenvalue weighted by Crippen LogP contribution is 2.27. The first-order chi connectivity index (χ1) is 9.47. The van der Waals surface area contributed by atoms with Gasteiger partial charge in [-0.25, -0.2) is 4.98 Å². The third-order valence-corrected chi connectivity index (χ3v) is 3.03. The van der Waals surface area contributed by atoms with Gasteiger partial charge >= 0.3 is 11.7 Å². The number of aryl methyl sites for hydroxylation is 1. The molecule has 0 amide bonds. The number of carboxylic acid groups (broad SMARTS) is 1. The van der Waals surface area contributed by atoms with Gasteiger partial charge in [-0.1, -0.05) is 0 Å². The smallest absolute Gasteiger partial charge is 0.311 e. The number of pyridine rings is 1. The number of aliphatic carboxylic acids is 1. The summed E-state index contributed by atoms with van der Waals surface area (Å²) in [6.07, 6.45) is -0.612. The lowest BCUT2D eigenvalue weighted by Gasteiger charge is -2.32. The fourth-order valence-electron chi connectivity index (χ4n) is 2.14. The fraction of sp³-hybridized carbons (Fsp3) is 0.500. The Kier molecular flexibility index (Phi) is 4.14. The van der Waals surface area contributed by atoms with Crippen LogP contribution >= 0.6 is 0 Å².